The van der Waals surface area contributed by atoms with Crippen molar-refractivity contribution in [3.63, 3.8) is 0 Å². The van der Waals surface area contributed by atoms with Crippen LogP contribution in [0.2, 0.25) is 0 Å². The molecule has 5 nitrogen and oxygen atoms in total. The van der Waals surface area contributed by atoms with E-state index in [1.54, 1.807) is 0 Å². The van der Waals surface area contributed by atoms with E-state index in [0.29, 0.717) is 0 Å². The van der Waals surface area contributed by atoms with Crippen LogP contribution in [0.25, 0.3) is 0 Å². The van der Waals surface area contributed by atoms with Gasteiger partial charge in [0.25, 0.3) is 0 Å². The fourth-order valence-electron chi connectivity index (χ4n) is 1.47. The Morgan fingerprint density at radius 2 is 1.62 bits per heavy atom. The molecule has 21 heavy (non-hydrogen) atoms. The van der Waals surface area contributed by atoms with Crippen molar-refractivity contribution in [2.75, 3.05) is 5.32 Å². The maximum absolute atomic E-state index is 12.3. The SMILES string of the molecule is O=C(Nc1ccccc1[NH+]([O-])O)C(C(F)(F)F)C(F)(F)F. The first-order valence-corrected chi connectivity index (χ1v) is 5.21. The highest BCUT2D eigenvalue weighted by Crippen LogP contribution is 2.40. The molecule has 0 saturated carbocycles. The minimum Gasteiger partial charge on any atom is -0.595 e. The molecule has 0 heterocycles. The van der Waals surface area contributed by atoms with Crippen molar-refractivity contribution >= 4 is 17.3 Å². The number of amides is 1. The standard InChI is InChI=1S/C10H8F6N2O3/c11-9(12,13)7(10(14,15)16)8(19)17-5-3-1-2-4-6(5)18(20)21/h1-4,7,18,20H,(H,17,19). The average Bonchev–Trinajstić information content (AvgIpc) is 2.24. The largest absolute Gasteiger partial charge is 0.595 e. The summed E-state index contributed by atoms with van der Waals surface area (Å²) >= 11 is 0. The van der Waals surface area contributed by atoms with Crippen LogP contribution in [0.4, 0.5) is 37.7 Å². The predicted molar refractivity (Wildman–Crippen MR) is 56.4 cm³/mol. The third-order valence-electron chi connectivity index (χ3n) is 2.33. The van der Waals surface area contributed by atoms with E-state index >= 15 is 0 Å². The van der Waals surface area contributed by atoms with Gasteiger partial charge in [0, 0.05) is 6.07 Å². The molecule has 0 aliphatic carbocycles. The van der Waals surface area contributed by atoms with Crippen LogP contribution in [0.3, 0.4) is 0 Å². The Bertz CT molecular complexity index is 500. The first-order chi connectivity index (χ1) is 9.44. The normalized spacial score (nSPS) is 14.1. The Morgan fingerprint density at radius 3 is 2.05 bits per heavy atom. The number of benzene rings is 1. The second-order valence-electron chi connectivity index (χ2n) is 3.86. The van der Waals surface area contributed by atoms with Gasteiger partial charge in [0.15, 0.2) is 5.69 Å². The minimum absolute atomic E-state index is 0.631. The highest BCUT2D eigenvalue weighted by molar-refractivity contribution is 5.95. The monoisotopic (exact) mass is 318 g/mol. The van der Waals surface area contributed by atoms with Crippen molar-refractivity contribution < 1.29 is 41.6 Å². The Hall–Kier alpha value is -1.85. The zero-order valence-electron chi connectivity index (χ0n) is 9.92. The fraction of sp³-hybridized carbons (Fsp3) is 0.300. The third kappa shape index (κ3) is 4.31. The second-order valence-corrected chi connectivity index (χ2v) is 3.86. The van der Waals surface area contributed by atoms with Gasteiger partial charge in [0.2, 0.25) is 11.8 Å². The third-order valence-corrected chi connectivity index (χ3v) is 2.33. The number of quaternary nitrogens is 1. The molecule has 1 unspecified atom stereocenters. The molecule has 0 aromatic heterocycles. The first kappa shape index (κ1) is 17.2. The van der Waals surface area contributed by atoms with Crippen molar-refractivity contribution in [1.82, 2.24) is 0 Å². The van der Waals surface area contributed by atoms with Gasteiger partial charge in [-0.2, -0.15) is 31.6 Å². The molecule has 3 N–H and O–H groups in total. The number of hydrogen-bond acceptors (Lipinski definition) is 3. The second kappa shape index (κ2) is 5.87. The van der Waals surface area contributed by atoms with Crippen LogP contribution < -0.4 is 10.5 Å². The number of rotatable bonds is 3. The Balaban J connectivity index is 3.09. The minimum atomic E-state index is -5.85. The van der Waals surface area contributed by atoms with Crippen LogP contribution in [0, 0.1) is 11.1 Å². The van der Waals surface area contributed by atoms with Crippen molar-refractivity contribution in [1.29, 1.82) is 0 Å². The Kier molecular flexibility index (Phi) is 4.81. The van der Waals surface area contributed by atoms with E-state index in [2.05, 4.69) is 0 Å². The summed E-state index contributed by atoms with van der Waals surface area (Å²) in [6.45, 7) is 0. The van der Waals surface area contributed by atoms with E-state index in [4.69, 9.17) is 5.21 Å². The predicted octanol–water partition coefficient (Wildman–Crippen LogP) is 1.77. The van der Waals surface area contributed by atoms with Crippen LogP contribution >= 0.6 is 0 Å². The lowest BCUT2D eigenvalue weighted by molar-refractivity contribution is -0.990. The molecule has 0 bridgehead atoms. The maximum atomic E-state index is 12.3. The van der Waals surface area contributed by atoms with E-state index in [0.717, 1.165) is 18.2 Å². The topological polar surface area (TPSA) is 76.8 Å². The molecule has 0 aliphatic heterocycles. The van der Waals surface area contributed by atoms with E-state index in [1.807, 2.05) is 0 Å². The van der Waals surface area contributed by atoms with E-state index in [9.17, 15) is 36.3 Å². The molecule has 0 aliphatic rings. The highest BCUT2D eigenvalue weighted by Gasteiger charge is 2.61. The number of carbonyl (C=O) groups is 1. The molecule has 1 aromatic rings. The molecule has 1 amide bonds. The van der Waals surface area contributed by atoms with Gasteiger partial charge in [-0.15, -0.1) is 0 Å². The molecule has 1 rings (SSSR count). The summed E-state index contributed by atoms with van der Waals surface area (Å²) in [6.07, 6.45) is -11.7. The Morgan fingerprint density at radius 1 is 1.14 bits per heavy atom. The van der Waals surface area contributed by atoms with Gasteiger partial charge in [0.1, 0.15) is 5.69 Å². The summed E-state index contributed by atoms with van der Waals surface area (Å²) in [7, 11) is 0. The summed E-state index contributed by atoms with van der Waals surface area (Å²) in [5.41, 5.74) is -1.29. The summed E-state index contributed by atoms with van der Waals surface area (Å²) < 4.78 is 74.0. The number of alkyl halides is 6. The Labute approximate surface area is 113 Å². The van der Waals surface area contributed by atoms with Crippen LogP contribution in [-0.2, 0) is 4.79 Å². The van der Waals surface area contributed by atoms with Crippen LogP contribution in [0.5, 0.6) is 0 Å². The number of hydrogen-bond donors (Lipinski definition) is 3. The molecular weight excluding hydrogens is 310 g/mol. The number of anilines is 1. The van der Waals surface area contributed by atoms with E-state index < -0.39 is 40.8 Å². The van der Waals surface area contributed by atoms with Gasteiger partial charge in [0.05, 0.1) is 0 Å². The highest BCUT2D eigenvalue weighted by atomic mass is 19.4. The lowest BCUT2D eigenvalue weighted by Gasteiger charge is -2.23. The number of nitrogens with one attached hydrogen (secondary N) is 2. The quantitative estimate of drug-likeness (QED) is 0.587. The first-order valence-electron chi connectivity index (χ1n) is 5.21. The van der Waals surface area contributed by atoms with E-state index in [-0.39, 0.29) is 0 Å². The van der Waals surface area contributed by atoms with Gasteiger partial charge in [-0.1, -0.05) is 12.1 Å². The van der Waals surface area contributed by atoms with Gasteiger partial charge >= 0.3 is 12.4 Å². The van der Waals surface area contributed by atoms with Crippen molar-refractivity contribution in [3.05, 3.63) is 29.5 Å². The molecule has 0 spiro atoms. The van der Waals surface area contributed by atoms with Crippen LogP contribution in [0.1, 0.15) is 0 Å². The van der Waals surface area contributed by atoms with Gasteiger partial charge in [-0.05, 0) is 6.07 Å². The lowest BCUT2D eigenvalue weighted by atomic mass is 10.1. The molecule has 1 aromatic carbocycles. The van der Waals surface area contributed by atoms with E-state index in [1.165, 1.54) is 11.4 Å². The van der Waals surface area contributed by atoms with Crippen molar-refractivity contribution in [3.8, 4) is 0 Å². The van der Waals surface area contributed by atoms with Crippen LogP contribution in [0.15, 0.2) is 24.3 Å². The van der Waals surface area contributed by atoms with Crippen molar-refractivity contribution in [2.24, 2.45) is 5.92 Å². The molecule has 0 saturated heterocycles. The summed E-state index contributed by atoms with van der Waals surface area (Å²) in [5.74, 6) is -6.64. The fourth-order valence-corrected chi connectivity index (χ4v) is 1.47. The zero-order chi connectivity index (χ0) is 16.4. The van der Waals surface area contributed by atoms with Gasteiger partial charge in [-0.25, -0.2) is 5.21 Å². The summed E-state index contributed by atoms with van der Waals surface area (Å²) in [6, 6.07) is 4.15. The summed E-state index contributed by atoms with van der Waals surface area (Å²) in [5, 5.41) is 19.2. The van der Waals surface area contributed by atoms with Gasteiger partial charge in [-0.3, -0.25) is 4.79 Å². The maximum Gasteiger partial charge on any atom is 0.409 e. The lowest BCUT2D eigenvalue weighted by Crippen LogP contribution is -2.99. The zero-order valence-corrected chi connectivity index (χ0v) is 9.92. The smallest absolute Gasteiger partial charge is 0.409 e. The van der Waals surface area contributed by atoms with Crippen LogP contribution in [-0.4, -0.2) is 23.5 Å². The summed E-state index contributed by atoms with van der Waals surface area (Å²) in [4.78, 5) is 11.2. The molecule has 1 atom stereocenters. The molecule has 0 radical (unpaired) electrons. The number of halogens is 6. The van der Waals surface area contributed by atoms with Gasteiger partial charge < -0.3 is 10.5 Å². The number of carbonyl (C=O) groups excluding carboxylic acids is 1. The van der Waals surface area contributed by atoms with Crippen molar-refractivity contribution in [2.45, 2.75) is 12.4 Å². The number of para-hydroxylation sites is 2. The molecule has 118 valence electrons. The molecular formula is C10H8F6N2O3. The molecule has 0 fully saturated rings. The average molecular weight is 318 g/mol. The molecule has 11 heteroatoms.